The van der Waals surface area contributed by atoms with E-state index in [-0.39, 0.29) is 29.8 Å². The summed E-state index contributed by atoms with van der Waals surface area (Å²) in [5, 5.41) is 24.8. The minimum atomic E-state index is -1.25. The summed E-state index contributed by atoms with van der Waals surface area (Å²) in [5.74, 6) is -1.60. The highest BCUT2D eigenvalue weighted by molar-refractivity contribution is 7.09. The van der Waals surface area contributed by atoms with E-state index in [1.54, 1.807) is 44.6 Å². The first-order valence-corrected chi connectivity index (χ1v) is 15.0. The van der Waals surface area contributed by atoms with Crippen LogP contribution >= 0.6 is 11.3 Å². The smallest absolute Gasteiger partial charge is 0.309 e. The lowest BCUT2D eigenvalue weighted by Crippen LogP contribution is -2.45. The molecule has 2 saturated heterocycles. The van der Waals surface area contributed by atoms with Crippen molar-refractivity contribution in [3.05, 3.63) is 40.4 Å². The van der Waals surface area contributed by atoms with Gasteiger partial charge in [-0.2, -0.15) is 0 Å². The van der Waals surface area contributed by atoms with E-state index >= 15 is 0 Å². The first-order chi connectivity index (χ1) is 18.8. The summed E-state index contributed by atoms with van der Waals surface area (Å²) in [6.07, 6.45) is 7.17. The first kappa shape index (κ1) is 30.6. The topological polar surface area (TPSA) is 127 Å². The van der Waals surface area contributed by atoms with Gasteiger partial charge in [0.05, 0.1) is 54.3 Å². The van der Waals surface area contributed by atoms with Crippen LogP contribution in [0.2, 0.25) is 0 Å². The molecule has 0 bridgehead atoms. The number of hydrogen-bond donors (Lipinski definition) is 2. The van der Waals surface area contributed by atoms with E-state index in [1.165, 1.54) is 0 Å². The Morgan fingerprint density at radius 2 is 2.00 bits per heavy atom. The van der Waals surface area contributed by atoms with Crippen LogP contribution in [-0.4, -0.2) is 66.5 Å². The molecule has 2 aliphatic rings. The molecule has 2 aliphatic heterocycles. The van der Waals surface area contributed by atoms with Gasteiger partial charge in [0.15, 0.2) is 0 Å². The number of carbonyl (C=O) groups excluding carboxylic acids is 2. The number of rotatable bonds is 4. The Bertz CT molecular complexity index is 1210. The quantitative estimate of drug-likeness (QED) is 0.407. The Kier molecular flexibility index (Phi) is 9.34. The van der Waals surface area contributed by atoms with Gasteiger partial charge in [-0.3, -0.25) is 9.59 Å². The Balaban J connectivity index is 1.54. The Morgan fingerprint density at radius 3 is 2.70 bits per heavy atom. The number of esters is 1. The number of aliphatic hydroxyl groups is 2. The summed E-state index contributed by atoms with van der Waals surface area (Å²) in [6.45, 7) is 11.5. The van der Waals surface area contributed by atoms with E-state index in [4.69, 9.17) is 14.5 Å². The van der Waals surface area contributed by atoms with E-state index in [0.29, 0.717) is 13.0 Å². The van der Waals surface area contributed by atoms with Gasteiger partial charge < -0.3 is 24.3 Å². The molecule has 0 spiro atoms. The molecule has 0 saturated carbocycles. The summed E-state index contributed by atoms with van der Waals surface area (Å²) in [4.78, 5) is 35.2. The number of ether oxygens (including phenoxy) is 2. The van der Waals surface area contributed by atoms with Gasteiger partial charge in [0.25, 0.3) is 0 Å². The second kappa shape index (κ2) is 12.2. The zero-order valence-electron chi connectivity index (χ0n) is 24.4. The van der Waals surface area contributed by atoms with Crippen molar-refractivity contribution in [2.75, 3.05) is 0 Å². The van der Waals surface area contributed by atoms with Gasteiger partial charge in [0.2, 0.25) is 0 Å². The molecular formula is C30H43N3O6S. The number of ketones is 1. The molecule has 2 aromatic heterocycles. The summed E-state index contributed by atoms with van der Waals surface area (Å²) < 4.78 is 14.0. The van der Waals surface area contributed by atoms with Crippen LogP contribution in [0.25, 0.3) is 6.08 Å². The number of thiazole rings is 1. The molecule has 7 atom stereocenters. The standard InChI is InChI=1S/C30H43N3O6S/c1-18-8-7-9-30(6)24(39-30)13-22(19(2)12-21-16-40-25(32-21)15-33-11-10-31-17-33)38-26(35)14-23(34)29(4,5)28(37)20(3)27(18)36/h10-12,16-18,20,22-24,27,34,36H,7-9,13-15H2,1-6H3/b19-12+/t18-,20+,22-,23-,24-,27-,30+/m0/s1. The van der Waals surface area contributed by atoms with E-state index in [9.17, 15) is 19.8 Å². The molecule has 2 N–H and O–H groups in total. The lowest BCUT2D eigenvalue weighted by molar-refractivity contribution is -0.154. The highest BCUT2D eigenvalue weighted by Crippen LogP contribution is 2.45. The molecule has 0 aliphatic carbocycles. The van der Waals surface area contributed by atoms with Crippen LogP contribution in [-0.2, 0) is 25.6 Å². The predicted molar refractivity (Wildman–Crippen MR) is 152 cm³/mol. The summed E-state index contributed by atoms with van der Waals surface area (Å²) in [7, 11) is 0. The molecule has 4 heterocycles. The average molecular weight is 574 g/mol. The highest BCUT2D eigenvalue weighted by atomic mass is 32.1. The SMILES string of the molecule is C/C(=C\c1csc(Cn2ccnc2)n1)[C@@H]1C[C@@H]2O[C@]2(C)CCC[C@H](C)[C@H](O)[C@@H](C)C(=O)C(C)(C)[C@@H](O)CC(=O)O1. The van der Waals surface area contributed by atoms with E-state index < -0.39 is 35.6 Å². The average Bonchev–Trinajstić information content (AvgIpc) is 3.26. The Hall–Kier alpha value is -2.40. The summed E-state index contributed by atoms with van der Waals surface area (Å²) in [5.41, 5.74) is 0.0745. The molecular weight excluding hydrogens is 530 g/mol. The van der Waals surface area contributed by atoms with E-state index in [0.717, 1.165) is 35.5 Å². The second-order valence-corrected chi connectivity index (χ2v) is 13.3. The van der Waals surface area contributed by atoms with Crippen molar-refractivity contribution in [3.63, 3.8) is 0 Å². The monoisotopic (exact) mass is 573 g/mol. The fourth-order valence-corrected chi connectivity index (χ4v) is 6.38. The van der Waals surface area contributed by atoms with Crippen molar-refractivity contribution >= 4 is 29.2 Å². The molecule has 9 nitrogen and oxygen atoms in total. The number of carbonyl (C=O) groups is 2. The number of epoxide rings is 1. The number of fused-ring (bicyclic) bond motifs is 1. The molecule has 220 valence electrons. The van der Waals surface area contributed by atoms with E-state index in [1.807, 2.05) is 36.1 Å². The van der Waals surface area contributed by atoms with Crippen LogP contribution in [0.3, 0.4) is 0 Å². The number of nitrogens with zero attached hydrogens (tertiary/aromatic N) is 3. The fraction of sp³-hybridized carbons (Fsp3) is 0.667. The van der Waals surface area contributed by atoms with Crippen LogP contribution in [0.15, 0.2) is 29.7 Å². The first-order valence-electron chi connectivity index (χ1n) is 14.2. The van der Waals surface area contributed by atoms with Crippen molar-refractivity contribution < 1.29 is 29.3 Å². The number of aromatic nitrogens is 3. The van der Waals surface area contributed by atoms with Crippen molar-refractivity contribution in [2.24, 2.45) is 17.3 Å². The molecule has 0 radical (unpaired) electrons. The van der Waals surface area contributed by atoms with Crippen molar-refractivity contribution in [1.29, 1.82) is 0 Å². The molecule has 4 rings (SSSR count). The van der Waals surface area contributed by atoms with Gasteiger partial charge in [-0.25, -0.2) is 9.97 Å². The normalized spacial score (nSPS) is 34.2. The molecule has 0 aromatic carbocycles. The predicted octanol–water partition coefficient (Wildman–Crippen LogP) is 4.41. The number of imidazole rings is 1. The molecule has 0 amide bonds. The third-order valence-electron chi connectivity index (χ3n) is 8.74. The van der Waals surface area contributed by atoms with Gasteiger partial charge in [0.1, 0.15) is 16.9 Å². The van der Waals surface area contributed by atoms with Crippen LogP contribution in [0.5, 0.6) is 0 Å². The Labute approximate surface area is 240 Å². The number of cyclic esters (lactones) is 1. The maximum Gasteiger partial charge on any atom is 0.309 e. The van der Waals surface area contributed by atoms with Crippen LogP contribution < -0.4 is 0 Å². The van der Waals surface area contributed by atoms with Gasteiger partial charge in [-0.05, 0) is 44.3 Å². The molecule has 40 heavy (non-hydrogen) atoms. The van der Waals surface area contributed by atoms with Gasteiger partial charge in [-0.1, -0.05) is 34.1 Å². The van der Waals surface area contributed by atoms with Crippen molar-refractivity contribution in [3.8, 4) is 0 Å². The molecule has 2 fully saturated rings. The van der Waals surface area contributed by atoms with Gasteiger partial charge >= 0.3 is 5.97 Å². The number of aliphatic hydroxyl groups excluding tert-OH is 2. The minimum Gasteiger partial charge on any atom is -0.458 e. The van der Waals surface area contributed by atoms with Crippen LogP contribution in [0.4, 0.5) is 0 Å². The second-order valence-electron chi connectivity index (χ2n) is 12.4. The summed E-state index contributed by atoms with van der Waals surface area (Å²) >= 11 is 1.55. The maximum atomic E-state index is 13.3. The highest BCUT2D eigenvalue weighted by Gasteiger charge is 2.53. The minimum absolute atomic E-state index is 0.0733. The Morgan fingerprint density at radius 1 is 1.25 bits per heavy atom. The summed E-state index contributed by atoms with van der Waals surface area (Å²) in [6, 6.07) is 0. The lowest BCUT2D eigenvalue weighted by atomic mass is 9.73. The maximum absolute atomic E-state index is 13.3. The van der Waals surface area contributed by atoms with E-state index in [2.05, 4.69) is 11.9 Å². The molecule has 0 unspecified atom stereocenters. The number of hydrogen-bond acceptors (Lipinski definition) is 9. The molecule has 2 aromatic rings. The van der Waals surface area contributed by atoms with Gasteiger partial charge in [-0.15, -0.1) is 11.3 Å². The largest absolute Gasteiger partial charge is 0.458 e. The zero-order valence-corrected chi connectivity index (χ0v) is 25.2. The number of Topliss-reactive ketones (excluding diaryl/α,β-unsaturated/α-hetero) is 1. The zero-order chi connectivity index (χ0) is 29.2. The van der Waals surface area contributed by atoms with Crippen LogP contribution in [0, 0.1) is 17.3 Å². The fourth-order valence-electron chi connectivity index (χ4n) is 5.62. The third kappa shape index (κ3) is 7.08. The lowest BCUT2D eigenvalue weighted by Gasteiger charge is -2.34. The molecule has 10 heteroatoms. The van der Waals surface area contributed by atoms with Gasteiger partial charge in [0, 0.05) is 30.1 Å². The van der Waals surface area contributed by atoms with Crippen molar-refractivity contribution in [2.45, 2.75) is 110 Å². The van der Waals surface area contributed by atoms with Crippen molar-refractivity contribution in [1.82, 2.24) is 14.5 Å². The third-order valence-corrected chi connectivity index (χ3v) is 9.59. The van der Waals surface area contributed by atoms with Crippen LogP contribution in [0.1, 0.15) is 84.3 Å².